The Labute approximate surface area is 348 Å². The summed E-state index contributed by atoms with van der Waals surface area (Å²) < 4.78 is 87.4. The van der Waals surface area contributed by atoms with Crippen LogP contribution in [-0.2, 0) is 22.4 Å². The maximum atomic E-state index is 14.8. The summed E-state index contributed by atoms with van der Waals surface area (Å²) in [6, 6.07) is 8.18. The van der Waals surface area contributed by atoms with Crippen molar-refractivity contribution in [1.29, 1.82) is 0 Å². The predicted octanol–water partition coefficient (Wildman–Crippen LogP) is 8.96. The van der Waals surface area contributed by atoms with Gasteiger partial charge in [0, 0.05) is 58.0 Å². The van der Waals surface area contributed by atoms with Gasteiger partial charge in [0.1, 0.15) is 11.6 Å². The summed E-state index contributed by atoms with van der Waals surface area (Å²) in [7, 11) is 0. The van der Waals surface area contributed by atoms with Crippen LogP contribution in [0.4, 0.5) is 26.3 Å². The Hall–Kier alpha value is -6.00. The number of hydrogen-bond acceptors (Lipinski definition) is 6. The number of hydrogen-bond donors (Lipinski definition) is 4. The lowest BCUT2D eigenvalue weighted by atomic mass is 10.1. The summed E-state index contributed by atoms with van der Waals surface area (Å²) >= 11 is 11.3. The highest BCUT2D eigenvalue weighted by Crippen LogP contribution is 2.37. The molecule has 0 aliphatic carbocycles. The first kappa shape index (κ1) is 45.1. The molecule has 0 unspecified atom stereocenters. The number of aromatic nitrogens is 2. The van der Waals surface area contributed by atoms with Crippen molar-refractivity contribution in [3.63, 3.8) is 0 Å². The lowest BCUT2D eigenvalue weighted by molar-refractivity contribution is -0.121. The second-order valence-electron chi connectivity index (χ2n) is 13.9. The van der Waals surface area contributed by atoms with Gasteiger partial charge in [-0.1, -0.05) is 30.1 Å². The van der Waals surface area contributed by atoms with Gasteiger partial charge >= 0.3 is 0 Å². The van der Waals surface area contributed by atoms with Crippen LogP contribution in [-0.4, -0.2) is 55.6 Å². The fourth-order valence-electron chi connectivity index (χ4n) is 6.61. The summed E-state index contributed by atoms with van der Waals surface area (Å²) in [6.07, 6.45) is 0.0881. The van der Waals surface area contributed by atoms with Crippen LogP contribution < -0.4 is 10.6 Å². The van der Waals surface area contributed by atoms with E-state index in [2.05, 4.69) is 10.6 Å². The predicted molar refractivity (Wildman–Crippen MR) is 213 cm³/mol. The number of nitrogens with zero attached hydrogens (tertiary/aromatic N) is 2. The number of amides is 2. The van der Waals surface area contributed by atoms with E-state index in [1.807, 2.05) is 6.92 Å². The average molecular weight is 878 g/mol. The van der Waals surface area contributed by atoms with E-state index < -0.39 is 70.0 Å². The molecule has 10 nitrogen and oxygen atoms in total. The molecule has 0 aliphatic heterocycles. The highest BCUT2D eigenvalue weighted by atomic mass is 35.5. The van der Waals surface area contributed by atoms with Crippen molar-refractivity contribution in [3.8, 4) is 11.5 Å². The number of nitrogens with one attached hydrogen (secondary N) is 2. The summed E-state index contributed by atoms with van der Waals surface area (Å²) in [5.74, 6) is -11.6. The van der Waals surface area contributed by atoms with Gasteiger partial charge in [0.15, 0.2) is 34.8 Å². The van der Waals surface area contributed by atoms with Gasteiger partial charge in [-0.05, 0) is 81.6 Å². The van der Waals surface area contributed by atoms with Crippen molar-refractivity contribution in [2.24, 2.45) is 0 Å². The van der Waals surface area contributed by atoms with Gasteiger partial charge in [-0.2, -0.15) is 0 Å². The number of benzene rings is 4. The minimum atomic E-state index is -1.28. The minimum Gasteiger partial charge on any atom is -0.503 e. The molecule has 60 heavy (non-hydrogen) atoms. The number of aromatic hydroxyl groups is 2. The Kier molecular flexibility index (Phi) is 13.6. The van der Waals surface area contributed by atoms with Crippen LogP contribution >= 0.6 is 23.2 Å². The standard InChI is InChI=1S/2C21H18ClF3N2O3/c1-9(2)26-17(28)7-12-10(3)27(16-8-15(24)20(29)19(25)18(12)16)21(30)11-4-5-13(22)14(23)6-11;1-3-6-26-17(28)8-12-10(2)27(16-9-15(24)20(29)19(25)18(12)16)21(30)11-4-5-13(22)14(23)7-11/h4-6,8-9,29H,7H2,1-3H3,(H,26,28);4-5,7,9,29H,3,6,8H2,1-2H3,(H,26,28). The van der Waals surface area contributed by atoms with Crippen molar-refractivity contribution in [1.82, 2.24) is 19.8 Å². The zero-order valence-electron chi connectivity index (χ0n) is 32.5. The highest BCUT2D eigenvalue weighted by Gasteiger charge is 2.29. The maximum Gasteiger partial charge on any atom is 0.262 e. The topological polar surface area (TPSA) is 143 Å². The van der Waals surface area contributed by atoms with E-state index in [0.717, 1.165) is 33.4 Å². The molecule has 0 radical (unpaired) electrons. The summed E-state index contributed by atoms with van der Waals surface area (Å²) in [4.78, 5) is 50.7. The van der Waals surface area contributed by atoms with Crippen LogP contribution in [0.1, 0.15) is 70.4 Å². The molecule has 6 aromatic rings. The van der Waals surface area contributed by atoms with E-state index in [4.69, 9.17) is 23.2 Å². The van der Waals surface area contributed by atoms with Crippen LogP contribution in [0.3, 0.4) is 0 Å². The number of fused-ring (bicyclic) bond motifs is 2. The van der Waals surface area contributed by atoms with E-state index in [1.165, 1.54) is 38.1 Å². The Morgan fingerprint density at radius 2 is 1.05 bits per heavy atom. The van der Waals surface area contributed by atoms with Gasteiger partial charge < -0.3 is 20.8 Å². The molecule has 0 bridgehead atoms. The zero-order chi connectivity index (χ0) is 44.5. The summed E-state index contributed by atoms with van der Waals surface area (Å²) in [5.41, 5.74) is -0.0225. The van der Waals surface area contributed by atoms with E-state index in [1.54, 1.807) is 13.8 Å². The van der Waals surface area contributed by atoms with Crippen molar-refractivity contribution >= 4 is 68.6 Å². The number of carbonyl (C=O) groups is 4. The normalized spacial score (nSPS) is 11.2. The smallest absolute Gasteiger partial charge is 0.262 e. The van der Waals surface area contributed by atoms with Gasteiger partial charge in [0.05, 0.1) is 33.9 Å². The second kappa shape index (κ2) is 18.1. The average Bonchev–Trinajstić information content (AvgIpc) is 3.61. The lowest BCUT2D eigenvalue weighted by Crippen LogP contribution is -2.31. The van der Waals surface area contributed by atoms with E-state index in [0.29, 0.717) is 13.0 Å². The lowest BCUT2D eigenvalue weighted by Gasteiger charge is -2.10. The largest absolute Gasteiger partial charge is 0.503 e. The fourth-order valence-corrected chi connectivity index (χ4v) is 6.84. The molecule has 18 heteroatoms. The Bertz CT molecular complexity index is 2730. The Balaban J connectivity index is 0.000000228. The first-order valence-corrected chi connectivity index (χ1v) is 18.9. The van der Waals surface area contributed by atoms with Crippen LogP contribution in [0.2, 0.25) is 10.0 Å². The molecule has 4 aromatic carbocycles. The molecule has 2 amide bonds. The molecular formula is C42H36Cl2F6N4O6. The highest BCUT2D eigenvalue weighted by molar-refractivity contribution is 6.31. The first-order valence-electron chi connectivity index (χ1n) is 18.2. The molecule has 0 saturated heterocycles. The Morgan fingerprint density at radius 3 is 1.42 bits per heavy atom. The third-order valence-corrected chi connectivity index (χ3v) is 10.0. The second-order valence-corrected chi connectivity index (χ2v) is 14.7. The van der Waals surface area contributed by atoms with Crippen LogP contribution in [0.25, 0.3) is 21.8 Å². The molecule has 316 valence electrons. The van der Waals surface area contributed by atoms with E-state index in [9.17, 15) is 55.7 Å². The SMILES string of the molecule is CCCNC(=O)Cc1c(C)n(C(=O)c2ccc(Cl)c(F)c2)c2cc(F)c(O)c(F)c12.Cc1c(CC(=O)NC(C)C)c2c(F)c(O)c(F)cc2n1C(=O)c1ccc(Cl)c(F)c1. The first-order chi connectivity index (χ1) is 28.2. The zero-order valence-corrected chi connectivity index (χ0v) is 34.0. The van der Waals surface area contributed by atoms with Gasteiger partial charge in [-0.25, -0.2) is 26.3 Å². The number of carbonyl (C=O) groups excluding carboxylic acids is 4. The van der Waals surface area contributed by atoms with Gasteiger partial charge in [-0.3, -0.25) is 28.3 Å². The van der Waals surface area contributed by atoms with Crippen LogP contribution in [0, 0.1) is 48.8 Å². The maximum absolute atomic E-state index is 14.8. The minimum absolute atomic E-state index is 0.104. The number of rotatable bonds is 9. The van der Waals surface area contributed by atoms with Crippen molar-refractivity contribution < 1.29 is 55.7 Å². The molecule has 0 spiro atoms. The van der Waals surface area contributed by atoms with Crippen molar-refractivity contribution in [2.45, 2.75) is 59.9 Å². The van der Waals surface area contributed by atoms with Gasteiger partial charge in [0.2, 0.25) is 11.8 Å². The van der Waals surface area contributed by atoms with E-state index in [-0.39, 0.29) is 84.4 Å². The van der Waals surface area contributed by atoms with Crippen molar-refractivity contribution in [2.75, 3.05) is 6.54 Å². The quantitative estimate of drug-likeness (QED) is 0.107. The monoisotopic (exact) mass is 876 g/mol. The van der Waals surface area contributed by atoms with Crippen molar-refractivity contribution in [3.05, 3.63) is 127 Å². The van der Waals surface area contributed by atoms with Gasteiger partial charge in [-0.15, -0.1) is 0 Å². The Morgan fingerprint density at radius 1 is 0.650 bits per heavy atom. The third-order valence-electron chi connectivity index (χ3n) is 9.41. The third kappa shape index (κ3) is 8.80. The summed E-state index contributed by atoms with van der Waals surface area (Å²) in [5, 5.41) is 23.9. The molecule has 2 heterocycles. The van der Waals surface area contributed by atoms with Crippen LogP contribution in [0.15, 0.2) is 48.5 Å². The van der Waals surface area contributed by atoms with Gasteiger partial charge in [0.25, 0.3) is 11.8 Å². The molecular weight excluding hydrogens is 841 g/mol. The molecule has 6 rings (SSSR count). The molecule has 0 saturated carbocycles. The molecule has 2 aromatic heterocycles. The fraction of sp³-hybridized carbons (Fsp3) is 0.238. The molecule has 0 aliphatic rings. The molecule has 0 atom stereocenters. The summed E-state index contributed by atoms with van der Waals surface area (Å²) in [6.45, 7) is 8.67. The molecule has 4 N–H and O–H groups in total. The van der Waals surface area contributed by atoms with Crippen LogP contribution in [0.5, 0.6) is 11.5 Å². The van der Waals surface area contributed by atoms with E-state index >= 15 is 0 Å². The number of phenolic OH excluding ortho intramolecular Hbond substituents is 2. The number of phenols is 2. The molecule has 0 fully saturated rings. The number of halogens is 8.